The number of aryl methyl sites for hydroxylation is 1. The van der Waals surface area contributed by atoms with Crippen LogP contribution in [0.2, 0.25) is 0 Å². The summed E-state index contributed by atoms with van der Waals surface area (Å²) in [5, 5.41) is 8.73. The first kappa shape index (κ1) is 10.4. The van der Waals surface area contributed by atoms with E-state index in [-0.39, 0.29) is 0 Å². The molecule has 15 heavy (non-hydrogen) atoms. The summed E-state index contributed by atoms with van der Waals surface area (Å²) in [5.41, 5.74) is 6.56. The minimum atomic E-state index is 0.600. The Balaban J connectivity index is 2.54. The Morgan fingerprint density at radius 1 is 1.53 bits per heavy atom. The van der Waals surface area contributed by atoms with Crippen LogP contribution in [-0.4, -0.2) is 22.9 Å². The van der Waals surface area contributed by atoms with Crippen LogP contribution < -0.4 is 11.1 Å². The maximum Gasteiger partial charge on any atom is 0.157 e. The van der Waals surface area contributed by atoms with Crippen LogP contribution >= 0.6 is 15.9 Å². The van der Waals surface area contributed by atoms with Crippen molar-refractivity contribution in [1.82, 2.24) is 9.78 Å². The number of fused-ring (bicyclic) bond motifs is 1. The molecule has 0 saturated carbocycles. The van der Waals surface area contributed by atoms with Gasteiger partial charge < -0.3 is 11.1 Å². The zero-order valence-corrected chi connectivity index (χ0v) is 10.1. The first-order valence-corrected chi connectivity index (χ1v) is 5.58. The van der Waals surface area contributed by atoms with E-state index >= 15 is 0 Å². The second-order valence-electron chi connectivity index (χ2n) is 3.32. The first-order valence-electron chi connectivity index (χ1n) is 4.79. The molecule has 0 atom stereocenters. The van der Waals surface area contributed by atoms with Crippen LogP contribution in [0.25, 0.3) is 10.9 Å². The lowest BCUT2D eigenvalue weighted by Crippen LogP contribution is -2.13. The number of aromatic nitrogens is 2. The Morgan fingerprint density at radius 2 is 2.33 bits per heavy atom. The highest BCUT2D eigenvalue weighted by Gasteiger charge is 2.10. The fourth-order valence-corrected chi connectivity index (χ4v) is 2.13. The fraction of sp³-hybridized carbons (Fsp3) is 0.300. The predicted molar refractivity (Wildman–Crippen MR) is 66.0 cm³/mol. The number of nitrogens with one attached hydrogen (secondary N) is 1. The molecule has 5 heteroatoms. The topological polar surface area (TPSA) is 55.9 Å². The number of benzene rings is 1. The van der Waals surface area contributed by atoms with E-state index in [2.05, 4.69) is 26.3 Å². The summed E-state index contributed by atoms with van der Waals surface area (Å²) in [6, 6.07) is 6.05. The number of hydrogen-bond acceptors (Lipinski definition) is 3. The molecule has 0 spiro atoms. The molecular weight excluding hydrogens is 256 g/mol. The molecule has 0 aliphatic rings. The maximum absolute atomic E-state index is 5.46. The number of nitrogens with two attached hydrogens (primary N) is 1. The van der Waals surface area contributed by atoms with E-state index in [0.717, 1.165) is 27.7 Å². The van der Waals surface area contributed by atoms with Crippen molar-refractivity contribution in [3.8, 4) is 0 Å². The van der Waals surface area contributed by atoms with E-state index in [9.17, 15) is 0 Å². The van der Waals surface area contributed by atoms with E-state index in [0.29, 0.717) is 6.54 Å². The van der Waals surface area contributed by atoms with E-state index in [1.54, 1.807) is 0 Å². The molecule has 0 saturated heterocycles. The quantitative estimate of drug-likeness (QED) is 0.891. The van der Waals surface area contributed by atoms with Crippen molar-refractivity contribution in [3.63, 3.8) is 0 Å². The lowest BCUT2D eigenvalue weighted by Gasteiger charge is -2.01. The molecule has 0 aliphatic heterocycles. The molecule has 0 aliphatic carbocycles. The number of rotatable bonds is 3. The van der Waals surface area contributed by atoms with Crippen molar-refractivity contribution in [2.24, 2.45) is 12.8 Å². The number of nitrogens with zero attached hydrogens (tertiary/aromatic N) is 2. The summed E-state index contributed by atoms with van der Waals surface area (Å²) in [5.74, 6) is 0.880. The normalized spacial score (nSPS) is 10.9. The minimum Gasteiger partial charge on any atom is -0.367 e. The van der Waals surface area contributed by atoms with Gasteiger partial charge in [-0.2, -0.15) is 5.10 Å². The first-order chi connectivity index (χ1) is 7.24. The van der Waals surface area contributed by atoms with Crippen LogP contribution in [-0.2, 0) is 7.05 Å². The molecule has 0 fully saturated rings. The molecule has 0 radical (unpaired) electrons. The smallest absolute Gasteiger partial charge is 0.157 e. The van der Waals surface area contributed by atoms with Gasteiger partial charge in [-0.25, -0.2) is 0 Å². The Labute approximate surface area is 96.6 Å². The van der Waals surface area contributed by atoms with Gasteiger partial charge in [-0.3, -0.25) is 4.68 Å². The van der Waals surface area contributed by atoms with Crippen molar-refractivity contribution < 1.29 is 0 Å². The van der Waals surface area contributed by atoms with Gasteiger partial charge in [0, 0.05) is 24.6 Å². The van der Waals surface area contributed by atoms with Crippen molar-refractivity contribution in [1.29, 1.82) is 0 Å². The van der Waals surface area contributed by atoms with E-state index in [1.807, 2.05) is 29.9 Å². The summed E-state index contributed by atoms with van der Waals surface area (Å²) in [7, 11) is 1.93. The highest BCUT2D eigenvalue weighted by Crippen LogP contribution is 2.29. The molecular formula is C10H13BrN4. The lowest BCUT2D eigenvalue weighted by molar-refractivity contribution is 0.796. The number of anilines is 1. The SMILES string of the molecule is Cn1nc(NCCN)c2c(Br)cccc21. The molecule has 1 aromatic carbocycles. The van der Waals surface area contributed by atoms with Gasteiger partial charge in [0.2, 0.25) is 0 Å². The molecule has 0 bridgehead atoms. The second kappa shape index (κ2) is 4.20. The van der Waals surface area contributed by atoms with E-state index in [4.69, 9.17) is 5.73 Å². The summed E-state index contributed by atoms with van der Waals surface area (Å²) in [6.45, 7) is 1.33. The number of halogens is 1. The minimum absolute atomic E-state index is 0.600. The van der Waals surface area contributed by atoms with Gasteiger partial charge in [0.05, 0.1) is 10.9 Å². The summed E-state index contributed by atoms with van der Waals surface area (Å²) in [6.07, 6.45) is 0. The molecule has 1 aromatic heterocycles. The summed E-state index contributed by atoms with van der Waals surface area (Å²) < 4.78 is 2.91. The third-order valence-corrected chi connectivity index (χ3v) is 2.92. The fourth-order valence-electron chi connectivity index (χ4n) is 1.59. The second-order valence-corrected chi connectivity index (χ2v) is 4.18. The van der Waals surface area contributed by atoms with E-state index in [1.165, 1.54) is 0 Å². The van der Waals surface area contributed by atoms with Gasteiger partial charge in [-0.05, 0) is 28.1 Å². The molecule has 0 unspecified atom stereocenters. The van der Waals surface area contributed by atoms with Crippen LogP contribution in [0.1, 0.15) is 0 Å². The Kier molecular flexibility index (Phi) is 2.93. The maximum atomic E-state index is 5.46. The Hall–Kier alpha value is -1.07. The standard InChI is InChI=1S/C10H13BrN4/c1-15-8-4-2-3-7(11)9(8)10(14-15)13-6-5-12/h2-4H,5-6,12H2,1H3,(H,13,14). The van der Waals surface area contributed by atoms with Gasteiger partial charge in [0.1, 0.15) is 0 Å². The van der Waals surface area contributed by atoms with Crippen LogP contribution in [0.4, 0.5) is 5.82 Å². The van der Waals surface area contributed by atoms with Crippen LogP contribution in [0.15, 0.2) is 22.7 Å². The third kappa shape index (κ3) is 1.85. The van der Waals surface area contributed by atoms with Gasteiger partial charge in [-0.1, -0.05) is 6.07 Å². The van der Waals surface area contributed by atoms with Crippen LogP contribution in [0, 0.1) is 0 Å². The monoisotopic (exact) mass is 268 g/mol. The van der Waals surface area contributed by atoms with Gasteiger partial charge >= 0.3 is 0 Å². The van der Waals surface area contributed by atoms with Crippen LogP contribution in [0.5, 0.6) is 0 Å². The van der Waals surface area contributed by atoms with Crippen molar-refractivity contribution in [2.45, 2.75) is 0 Å². The molecule has 2 rings (SSSR count). The van der Waals surface area contributed by atoms with Gasteiger partial charge in [0.25, 0.3) is 0 Å². The Bertz CT molecular complexity index is 477. The highest BCUT2D eigenvalue weighted by atomic mass is 79.9. The molecule has 80 valence electrons. The third-order valence-electron chi connectivity index (χ3n) is 2.26. The van der Waals surface area contributed by atoms with Crippen LogP contribution in [0.3, 0.4) is 0 Å². The Morgan fingerprint density at radius 3 is 3.07 bits per heavy atom. The lowest BCUT2D eigenvalue weighted by atomic mass is 10.2. The summed E-state index contributed by atoms with van der Waals surface area (Å²) >= 11 is 3.53. The summed E-state index contributed by atoms with van der Waals surface area (Å²) in [4.78, 5) is 0. The molecule has 3 N–H and O–H groups in total. The predicted octanol–water partition coefficient (Wildman–Crippen LogP) is 1.71. The molecule has 4 nitrogen and oxygen atoms in total. The molecule has 0 amide bonds. The van der Waals surface area contributed by atoms with Gasteiger partial charge in [0.15, 0.2) is 5.82 Å². The zero-order chi connectivity index (χ0) is 10.8. The van der Waals surface area contributed by atoms with Crippen molar-refractivity contribution in [2.75, 3.05) is 18.4 Å². The van der Waals surface area contributed by atoms with Gasteiger partial charge in [-0.15, -0.1) is 0 Å². The van der Waals surface area contributed by atoms with Crippen molar-refractivity contribution >= 4 is 32.7 Å². The number of hydrogen-bond donors (Lipinski definition) is 2. The highest BCUT2D eigenvalue weighted by molar-refractivity contribution is 9.10. The van der Waals surface area contributed by atoms with E-state index < -0.39 is 0 Å². The average molecular weight is 269 g/mol. The van der Waals surface area contributed by atoms with Crippen molar-refractivity contribution in [3.05, 3.63) is 22.7 Å². The largest absolute Gasteiger partial charge is 0.367 e. The molecule has 1 heterocycles. The molecule has 2 aromatic rings. The average Bonchev–Trinajstić information content (AvgIpc) is 2.55. The zero-order valence-electron chi connectivity index (χ0n) is 8.50.